The predicted octanol–water partition coefficient (Wildman–Crippen LogP) is 4.63. The van der Waals surface area contributed by atoms with Gasteiger partial charge in [-0.05, 0) is 30.9 Å². The quantitative estimate of drug-likeness (QED) is 0.419. The Morgan fingerprint density at radius 1 is 1.18 bits per heavy atom. The molecule has 1 saturated heterocycles. The fourth-order valence-electron chi connectivity index (χ4n) is 4.52. The minimum atomic E-state index is 0.150. The molecule has 4 aromatic rings. The summed E-state index contributed by atoms with van der Waals surface area (Å²) in [7, 11) is 0. The van der Waals surface area contributed by atoms with E-state index in [1.165, 1.54) is 11.3 Å². The Morgan fingerprint density at radius 3 is 2.76 bits per heavy atom. The number of thiazole rings is 1. The molecule has 0 spiro atoms. The number of anilines is 2. The van der Waals surface area contributed by atoms with Gasteiger partial charge in [0, 0.05) is 43.2 Å². The first kappa shape index (κ1) is 22.5. The molecule has 8 nitrogen and oxygen atoms in total. The molecular formula is C25H29N7OS. The SMILES string of the molecule is CC(C)Cc1nc2ccccc2n1CC(=O)N1CCC(c2cncc(Nc3nccs3)n2)CC1. The molecular weight excluding hydrogens is 446 g/mol. The van der Waals surface area contributed by atoms with Gasteiger partial charge >= 0.3 is 0 Å². The number of piperidine rings is 1. The molecule has 5 rings (SSSR count). The maximum atomic E-state index is 13.3. The zero-order chi connectivity index (χ0) is 23.5. The lowest BCUT2D eigenvalue weighted by Gasteiger charge is -2.32. The monoisotopic (exact) mass is 475 g/mol. The van der Waals surface area contributed by atoms with Gasteiger partial charge in [0.05, 0.1) is 22.9 Å². The number of likely N-dealkylation sites (tertiary alicyclic amines) is 1. The molecule has 1 aliphatic rings. The van der Waals surface area contributed by atoms with Crippen LogP contribution in [0.15, 0.2) is 48.2 Å². The van der Waals surface area contributed by atoms with E-state index in [1.807, 2.05) is 34.7 Å². The van der Waals surface area contributed by atoms with Gasteiger partial charge in [-0.1, -0.05) is 26.0 Å². The fraction of sp³-hybridized carbons (Fsp3) is 0.400. The molecule has 1 aromatic carbocycles. The molecule has 176 valence electrons. The van der Waals surface area contributed by atoms with E-state index in [1.54, 1.807) is 12.4 Å². The first-order valence-electron chi connectivity index (χ1n) is 11.8. The highest BCUT2D eigenvalue weighted by Gasteiger charge is 2.26. The van der Waals surface area contributed by atoms with Gasteiger partial charge in [-0.3, -0.25) is 9.78 Å². The number of nitrogens with one attached hydrogen (secondary N) is 1. The summed E-state index contributed by atoms with van der Waals surface area (Å²) in [4.78, 5) is 33.4. The molecule has 1 fully saturated rings. The molecule has 0 radical (unpaired) electrons. The van der Waals surface area contributed by atoms with Gasteiger partial charge in [-0.2, -0.15) is 0 Å². The van der Waals surface area contributed by atoms with Crippen LogP contribution in [0.3, 0.4) is 0 Å². The molecule has 3 aromatic heterocycles. The van der Waals surface area contributed by atoms with Crippen LogP contribution >= 0.6 is 11.3 Å². The minimum Gasteiger partial charge on any atom is -0.341 e. The number of aromatic nitrogens is 5. The van der Waals surface area contributed by atoms with Crippen LogP contribution in [0.1, 0.15) is 44.1 Å². The molecule has 1 amide bonds. The van der Waals surface area contributed by atoms with E-state index in [0.717, 1.165) is 60.0 Å². The van der Waals surface area contributed by atoms with Crippen molar-refractivity contribution in [3.63, 3.8) is 0 Å². The van der Waals surface area contributed by atoms with Crippen LogP contribution in [0.4, 0.5) is 10.9 Å². The van der Waals surface area contributed by atoms with Crippen LogP contribution in [0.5, 0.6) is 0 Å². The molecule has 0 aliphatic carbocycles. The number of hydrogen-bond donors (Lipinski definition) is 1. The number of hydrogen-bond acceptors (Lipinski definition) is 7. The van der Waals surface area contributed by atoms with Crippen LogP contribution < -0.4 is 5.32 Å². The largest absolute Gasteiger partial charge is 0.341 e. The minimum absolute atomic E-state index is 0.150. The molecule has 9 heteroatoms. The fourth-order valence-corrected chi connectivity index (χ4v) is 5.05. The molecule has 1 N–H and O–H groups in total. The maximum Gasteiger partial charge on any atom is 0.242 e. The predicted molar refractivity (Wildman–Crippen MR) is 134 cm³/mol. The van der Waals surface area contributed by atoms with E-state index >= 15 is 0 Å². The third-order valence-corrected chi connectivity index (χ3v) is 6.89. The van der Waals surface area contributed by atoms with Gasteiger partial charge in [-0.25, -0.2) is 15.0 Å². The first-order chi connectivity index (χ1) is 16.6. The van der Waals surface area contributed by atoms with Crippen molar-refractivity contribution in [1.29, 1.82) is 0 Å². The first-order valence-corrected chi connectivity index (χ1v) is 12.6. The molecule has 1 aliphatic heterocycles. The van der Waals surface area contributed by atoms with Crippen molar-refractivity contribution in [3.8, 4) is 0 Å². The van der Waals surface area contributed by atoms with E-state index < -0.39 is 0 Å². The molecule has 0 bridgehead atoms. The van der Waals surface area contributed by atoms with Crippen molar-refractivity contribution >= 4 is 39.2 Å². The number of benzene rings is 1. The number of carbonyl (C=O) groups is 1. The Bertz CT molecular complexity index is 1260. The lowest BCUT2D eigenvalue weighted by atomic mass is 9.93. The van der Waals surface area contributed by atoms with Crippen LogP contribution in [0.25, 0.3) is 11.0 Å². The number of carbonyl (C=O) groups excluding carboxylic acids is 1. The smallest absolute Gasteiger partial charge is 0.242 e. The Balaban J connectivity index is 1.24. The second-order valence-corrected chi connectivity index (χ2v) is 10.0. The number of para-hydroxylation sites is 2. The van der Waals surface area contributed by atoms with Gasteiger partial charge in [0.2, 0.25) is 5.91 Å². The van der Waals surface area contributed by atoms with Crippen LogP contribution in [-0.2, 0) is 17.8 Å². The highest BCUT2D eigenvalue weighted by Crippen LogP contribution is 2.28. The van der Waals surface area contributed by atoms with Crippen molar-refractivity contribution in [2.45, 2.75) is 45.6 Å². The summed E-state index contributed by atoms with van der Waals surface area (Å²) in [5.74, 6) is 2.61. The van der Waals surface area contributed by atoms with E-state index in [9.17, 15) is 4.79 Å². The summed E-state index contributed by atoms with van der Waals surface area (Å²) in [6, 6.07) is 8.07. The summed E-state index contributed by atoms with van der Waals surface area (Å²) in [5.41, 5.74) is 2.95. The summed E-state index contributed by atoms with van der Waals surface area (Å²) >= 11 is 1.53. The van der Waals surface area contributed by atoms with Gasteiger partial charge < -0.3 is 14.8 Å². The third-order valence-electron chi connectivity index (χ3n) is 6.20. The van der Waals surface area contributed by atoms with E-state index in [4.69, 9.17) is 9.97 Å². The lowest BCUT2D eigenvalue weighted by Crippen LogP contribution is -2.40. The lowest BCUT2D eigenvalue weighted by molar-refractivity contribution is -0.132. The van der Waals surface area contributed by atoms with Crippen molar-refractivity contribution in [2.75, 3.05) is 18.4 Å². The van der Waals surface area contributed by atoms with Crippen molar-refractivity contribution < 1.29 is 4.79 Å². The summed E-state index contributed by atoms with van der Waals surface area (Å²) in [5, 5.41) is 5.93. The van der Waals surface area contributed by atoms with Crippen LogP contribution in [0, 0.1) is 5.92 Å². The standard InChI is InChI=1S/C25H29N7OS/c1-17(2)13-23-29-19-5-3-4-6-21(19)32(23)16-24(33)31-10-7-18(8-11-31)20-14-26-15-22(28-20)30-25-27-9-12-34-25/h3-6,9,12,14-15,17-18H,7-8,10-11,13,16H2,1-2H3,(H,27,28,30). The van der Waals surface area contributed by atoms with Gasteiger partial charge in [0.25, 0.3) is 0 Å². The van der Waals surface area contributed by atoms with Crippen molar-refractivity contribution in [2.24, 2.45) is 5.92 Å². The molecule has 0 atom stereocenters. The van der Waals surface area contributed by atoms with Crippen molar-refractivity contribution in [1.82, 2.24) is 29.4 Å². The van der Waals surface area contributed by atoms with Crippen LogP contribution in [0.2, 0.25) is 0 Å². The highest BCUT2D eigenvalue weighted by molar-refractivity contribution is 7.13. The second-order valence-electron chi connectivity index (χ2n) is 9.15. The Labute approximate surface area is 203 Å². The zero-order valence-corrected chi connectivity index (χ0v) is 20.3. The average Bonchev–Trinajstić information content (AvgIpc) is 3.47. The zero-order valence-electron chi connectivity index (χ0n) is 19.5. The Kier molecular flexibility index (Phi) is 6.53. The van der Waals surface area contributed by atoms with E-state index in [0.29, 0.717) is 24.2 Å². The van der Waals surface area contributed by atoms with Gasteiger partial charge in [0.15, 0.2) is 10.9 Å². The summed E-state index contributed by atoms with van der Waals surface area (Å²) < 4.78 is 2.10. The topological polar surface area (TPSA) is 88.8 Å². The molecule has 4 heterocycles. The molecule has 0 unspecified atom stereocenters. The normalized spacial score (nSPS) is 14.7. The van der Waals surface area contributed by atoms with E-state index in [2.05, 4.69) is 39.8 Å². The Hall–Kier alpha value is -3.33. The molecule has 0 saturated carbocycles. The highest BCUT2D eigenvalue weighted by atomic mass is 32.1. The summed E-state index contributed by atoms with van der Waals surface area (Å²) in [6.07, 6.45) is 7.93. The molecule has 34 heavy (non-hydrogen) atoms. The Morgan fingerprint density at radius 2 is 2.00 bits per heavy atom. The van der Waals surface area contributed by atoms with Crippen LogP contribution in [-0.4, -0.2) is 48.4 Å². The number of amides is 1. The number of imidazole rings is 1. The van der Waals surface area contributed by atoms with E-state index in [-0.39, 0.29) is 5.91 Å². The number of nitrogens with zero attached hydrogens (tertiary/aromatic N) is 6. The number of rotatable bonds is 7. The average molecular weight is 476 g/mol. The van der Waals surface area contributed by atoms with Gasteiger partial charge in [-0.15, -0.1) is 11.3 Å². The maximum absolute atomic E-state index is 13.3. The number of fused-ring (bicyclic) bond motifs is 1. The second kappa shape index (κ2) is 9.89. The van der Waals surface area contributed by atoms with Gasteiger partial charge in [0.1, 0.15) is 12.4 Å². The third kappa shape index (κ3) is 4.94. The summed E-state index contributed by atoms with van der Waals surface area (Å²) in [6.45, 7) is 6.14. The van der Waals surface area contributed by atoms with Crippen molar-refractivity contribution in [3.05, 3.63) is 59.8 Å².